The fraction of sp³-hybridized carbons (Fsp3) is 0.263. The number of hydrogen-bond acceptors (Lipinski definition) is 4. The van der Waals surface area contributed by atoms with Gasteiger partial charge in [0.25, 0.3) is 0 Å². The smallest absolute Gasteiger partial charge is 0.318 e. The minimum absolute atomic E-state index is 0.117. The van der Waals surface area contributed by atoms with E-state index in [1.165, 1.54) is 34.5 Å². The largest absolute Gasteiger partial charge is 0.331 e. The summed E-state index contributed by atoms with van der Waals surface area (Å²) in [5.41, 5.74) is 9.30. The van der Waals surface area contributed by atoms with Crippen LogP contribution in [0.15, 0.2) is 121 Å². The lowest BCUT2D eigenvalue weighted by Crippen LogP contribution is -2.41. The molecule has 0 saturated carbocycles. The van der Waals surface area contributed by atoms with E-state index in [4.69, 9.17) is 5.10 Å². The maximum absolute atomic E-state index is 14.1. The van der Waals surface area contributed by atoms with Gasteiger partial charge in [0.15, 0.2) is 0 Å². The summed E-state index contributed by atoms with van der Waals surface area (Å²) < 4.78 is 15.6. The number of rotatable bonds is 9. The molecular formula is C38H37FN6O. The van der Waals surface area contributed by atoms with Crippen molar-refractivity contribution < 1.29 is 9.18 Å². The summed E-state index contributed by atoms with van der Waals surface area (Å²) in [6.07, 6.45) is 12.8. The number of pyridine rings is 2. The molecule has 0 bridgehead atoms. The van der Waals surface area contributed by atoms with E-state index in [1.54, 1.807) is 24.5 Å². The van der Waals surface area contributed by atoms with Gasteiger partial charge in [0.05, 0.1) is 23.6 Å². The lowest BCUT2D eigenvalue weighted by Gasteiger charge is -2.31. The number of fused-ring (bicyclic) bond motifs is 1. The Morgan fingerprint density at radius 1 is 0.935 bits per heavy atom. The number of carbonyl (C=O) groups is 1. The van der Waals surface area contributed by atoms with Crippen molar-refractivity contribution in [3.63, 3.8) is 0 Å². The molecule has 0 saturated heterocycles. The van der Waals surface area contributed by atoms with Gasteiger partial charge in [0.1, 0.15) is 5.82 Å². The van der Waals surface area contributed by atoms with Gasteiger partial charge in [-0.05, 0) is 78.3 Å². The van der Waals surface area contributed by atoms with Crippen LogP contribution in [0, 0.1) is 11.7 Å². The molecule has 3 heterocycles. The van der Waals surface area contributed by atoms with Gasteiger partial charge < -0.3 is 10.2 Å². The molecule has 3 atom stereocenters. The molecule has 1 unspecified atom stereocenters. The van der Waals surface area contributed by atoms with Gasteiger partial charge in [-0.15, -0.1) is 0 Å². The predicted molar refractivity (Wildman–Crippen MR) is 175 cm³/mol. The molecule has 46 heavy (non-hydrogen) atoms. The average Bonchev–Trinajstić information content (AvgIpc) is 3.71. The number of nitrogens with zero attached hydrogens (tertiary/aromatic N) is 5. The highest BCUT2D eigenvalue weighted by Crippen LogP contribution is 2.49. The summed E-state index contributed by atoms with van der Waals surface area (Å²) in [5, 5.41) is 8.17. The second-order valence-electron chi connectivity index (χ2n) is 12.4. The highest BCUT2D eigenvalue weighted by Gasteiger charge is 2.37. The molecule has 2 amide bonds. The molecule has 1 N–H and O–H groups in total. The lowest BCUT2D eigenvalue weighted by atomic mass is 9.78. The first kappa shape index (κ1) is 29.6. The molecule has 7 rings (SSSR count). The number of hydrogen-bond donors (Lipinski definition) is 1. The maximum atomic E-state index is 14.1. The molecule has 2 aliphatic carbocycles. The van der Waals surface area contributed by atoms with Crippen LogP contribution in [0.1, 0.15) is 66.1 Å². The minimum Gasteiger partial charge on any atom is -0.331 e. The van der Waals surface area contributed by atoms with Crippen LogP contribution in [0.2, 0.25) is 0 Å². The van der Waals surface area contributed by atoms with Crippen LogP contribution in [-0.2, 0) is 19.5 Å². The Morgan fingerprint density at radius 3 is 2.28 bits per heavy atom. The standard InChI is InChI=1S/C38H37FN6O/c1-26-34-23-42-45(33-15-13-32(39)14-16-33)36(34)20-31-12-11-30(37(26)31)19-35(29-9-3-2-4-10-29)43-38(46)44(24-27-7-5-17-40-21-27)25-28-8-6-18-41-22-28/h2-10,13-18,21-23,26,30,35H,11-12,19-20,24-25H2,1H3,(H,43,46)/t26-,30+,35?/m0/s1. The monoisotopic (exact) mass is 612 g/mol. The van der Waals surface area contributed by atoms with E-state index in [0.29, 0.717) is 19.0 Å². The lowest BCUT2D eigenvalue weighted by molar-refractivity contribution is 0.186. The Balaban J connectivity index is 1.14. The van der Waals surface area contributed by atoms with E-state index < -0.39 is 0 Å². The number of urea groups is 1. The summed E-state index contributed by atoms with van der Waals surface area (Å²) in [6.45, 7) is 3.15. The summed E-state index contributed by atoms with van der Waals surface area (Å²) in [4.78, 5) is 24.5. The molecule has 232 valence electrons. The van der Waals surface area contributed by atoms with Crippen molar-refractivity contribution in [3.05, 3.63) is 155 Å². The quantitative estimate of drug-likeness (QED) is 0.173. The van der Waals surface area contributed by atoms with Crippen LogP contribution >= 0.6 is 0 Å². The number of amides is 2. The Kier molecular flexibility index (Phi) is 8.42. The highest BCUT2D eigenvalue weighted by molar-refractivity contribution is 5.75. The van der Waals surface area contributed by atoms with E-state index in [9.17, 15) is 9.18 Å². The van der Waals surface area contributed by atoms with E-state index in [-0.39, 0.29) is 23.8 Å². The molecule has 7 nitrogen and oxygen atoms in total. The topological polar surface area (TPSA) is 75.9 Å². The van der Waals surface area contributed by atoms with E-state index >= 15 is 0 Å². The van der Waals surface area contributed by atoms with Gasteiger partial charge in [-0.1, -0.05) is 60.5 Å². The van der Waals surface area contributed by atoms with E-state index in [1.807, 2.05) is 70.6 Å². The molecular weight excluding hydrogens is 575 g/mol. The molecule has 3 aromatic heterocycles. The zero-order chi connectivity index (χ0) is 31.5. The molecule has 2 aliphatic rings. The third-order valence-electron chi connectivity index (χ3n) is 9.43. The molecule has 0 spiro atoms. The van der Waals surface area contributed by atoms with Crippen molar-refractivity contribution in [2.45, 2.75) is 57.7 Å². The van der Waals surface area contributed by atoms with Crippen LogP contribution < -0.4 is 5.32 Å². The van der Waals surface area contributed by atoms with Crippen LogP contribution in [0.25, 0.3) is 5.69 Å². The number of aromatic nitrogens is 4. The molecule has 8 heteroatoms. The van der Waals surface area contributed by atoms with Crippen LogP contribution in [0.4, 0.5) is 9.18 Å². The Morgan fingerprint density at radius 2 is 1.63 bits per heavy atom. The first-order chi connectivity index (χ1) is 22.5. The Bertz CT molecular complexity index is 1780. The van der Waals surface area contributed by atoms with Crippen molar-refractivity contribution in [1.29, 1.82) is 0 Å². The molecule has 0 radical (unpaired) electrons. The van der Waals surface area contributed by atoms with Crippen molar-refractivity contribution in [2.24, 2.45) is 5.92 Å². The summed E-state index contributed by atoms with van der Waals surface area (Å²) >= 11 is 0. The molecule has 0 aliphatic heterocycles. The van der Waals surface area contributed by atoms with Gasteiger partial charge in [0, 0.05) is 55.8 Å². The third-order valence-corrected chi connectivity index (χ3v) is 9.43. The SMILES string of the molecule is C[C@@H]1C2=C(CC[C@@H]2CC(NC(=O)N(Cc2cccnc2)Cc2cccnc2)c2ccccc2)Cc2c1cnn2-c1ccc(F)cc1. The van der Waals surface area contributed by atoms with E-state index in [2.05, 4.69) is 34.3 Å². The van der Waals surface area contributed by atoms with Crippen LogP contribution in [0.5, 0.6) is 0 Å². The number of carbonyl (C=O) groups excluding carboxylic acids is 1. The predicted octanol–water partition coefficient (Wildman–Crippen LogP) is 7.71. The number of benzene rings is 2. The van der Waals surface area contributed by atoms with Gasteiger partial charge in [-0.3, -0.25) is 9.97 Å². The molecule has 2 aromatic carbocycles. The highest BCUT2D eigenvalue weighted by atomic mass is 19.1. The zero-order valence-corrected chi connectivity index (χ0v) is 25.9. The normalized spacial score (nSPS) is 17.7. The fourth-order valence-corrected chi connectivity index (χ4v) is 7.24. The molecule has 5 aromatic rings. The van der Waals surface area contributed by atoms with Crippen molar-refractivity contribution in [3.8, 4) is 5.69 Å². The van der Waals surface area contributed by atoms with Crippen molar-refractivity contribution >= 4 is 6.03 Å². The van der Waals surface area contributed by atoms with Crippen molar-refractivity contribution in [1.82, 2.24) is 30.0 Å². The van der Waals surface area contributed by atoms with Gasteiger partial charge in [-0.25, -0.2) is 13.9 Å². The summed E-state index contributed by atoms with van der Waals surface area (Å²) in [7, 11) is 0. The average molecular weight is 613 g/mol. The second-order valence-corrected chi connectivity index (χ2v) is 12.4. The van der Waals surface area contributed by atoms with Crippen LogP contribution in [-0.4, -0.2) is 30.7 Å². The molecule has 0 fully saturated rings. The maximum Gasteiger partial charge on any atom is 0.318 e. The Labute approximate surface area is 268 Å². The van der Waals surface area contributed by atoms with Gasteiger partial charge in [0.2, 0.25) is 0 Å². The number of halogens is 1. The Hall–Kier alpha value is -5.11. The van der Waals surface area contributed by atoms with Crippen LogP contribution in [0.3, 0.4) is 0 Å². The number of allylic oxidation sites excluding steroid dienone is 2. The number of nitrogens with one attached hydrogen (secondary N) is 1. The van der Waals surface area contributed by atoms with Gasteiger partial charge in [-0.2, -0.15) is 5.10 Å². The summed E-state index contributed by atoms with van der Waals surface area (Å²) in [6, 6.07) is 24.3. The second kappa shape index (κ2) is 13.1. The van der Waals surface area contributed by atoms with Crippen molar-refractivity contribution in [2.75, 3.05) is 0 Å². The van der Waals surface area contributed by atoms with Gasteiger partial charge >= 0.3 is 6.03 Å². The zero-order valence-electron chi connectivity index (χ0n) is 25.9. The first-order valence-corrected chi connectivity index (χ1v) is 16.0. The summed E-state index contributed by atoms with van der Waals surface area (Å²) in [5.74, 6) is 0.308. The fourth-order valence-electron chi connectivity index (χ4n) is 7.24. The minimum atomic E-state index is -0.251. The first-order valence-electron chi connectivity index (χ1n) is 16.0. The third kappa shape index (κ3) is 6.20. The van der Waals surface area contributed by atoms with E-state index in [0.717, 1.165) is 48.1 Å².